The van der Waals surface area contributed by atoms with Gasteiger partial charge in [0.05, 0.1) is 6.10 Å². The van der Waals surface area contributed by atoms with Crippen molar-refractivity contribution in [2.24, 2.45) is 39.7 Å². The molecule has 3 fully saturated rings. The van der Waals surface area contributed by atoms with E-state index >= 15 is 0 Å². The van der Waals surface area contributed by atoms with E-state index in [-0.39, 0.29) is 35.0 Å². The topological polar surface area (TPSA) is 128 Å². The van der Waals surface area contributed by atoms with Gasteiger partial charge in [0.25, 0.3) is 0 Å². The molecule has 0 aliphatic heterocycles. The van der Waals surface area contributed by atoms with Gasteiger partial charge in [-0.1, -0.05) is 39.8 Å². The van der Waals surface area contributed by atoms with E-state index < -0.39 is 41.3 Å². The second-order valence-electron chi connectivity index (χ2n) is 12.2. The lowest BCUT2D eigenvalue weighted by Crippen LogP contribution is -2.63. The van der Waals surface area contributed by atoms with Gasteiger partial charge in [-0.3, -0.25) is 4.79 Å². The molecule has 36 heavy (non-hydrogen) atoms. The first kappa shape index (κ1) is 26.9. The van der Waals surface area contributed by atoms with Gasteiger partial charge >= 0.3 is 12.2 Å². The summed E-state index contributed by atoms with van der Waals surface area (Å²) in [4.78, 5) is 38.8. The number of hydrogen-bond donors (Lipinski definition) is 3. The lowest BCUT2D eigenvalue weighted by Gasteiger charge is -2.61. The van der Waals surface area contributed by atoms with E-state index in [9.17, 15) is 19.5 Å². The molecule has 4 N–H and O–H groups in total. The zero-order valence-corrected chi connectivity index (χ0v) is 22.0. The molecule has 2 bridgehead atoms. The van der Waals surface area contributed by atoms with E-state index in [2.05, 4.69) is 32.7 Å². The van der Waals surface area contributed by atoms with Crippen LogP contribution in [0.5, 0.6) is 0 Å². The van der Waals surface area contributed by atoms with E-state index in [0.717, 1.165) is 19.3 Å². The molecule has 3 saturated carbocycles. The van der Waals surface area contributed by atoms with Crippen molar-refractivity contribution >= 4 is 18.0 Å². The van der Waals surface area contributed by atoms with Gasteiger partial charge in [-0.05, 0) is 61.9 Å². The fourth-order valence-corrected chi connectivity index (χ4v) is 7.82. The average Bonchev–Trinajstić information content (AvgIpc) is 3.19. The lowest BCUT2D eigenvalue weighted by atomic mass is 9.44. The Morgan fingerprint density at radius 2 is 1.83 bits per heavy atom. The number of imide groups is 1. The first-order chi connectivity index (χ1) is 16.9. The van der Waals surface area contributed by atoms with E-state index in [0.29, 0.717) is 25.7 Å². The number of ketones is 1. The minimum atomic E-state index is -0.911. The van der Waals surface area contributed by atoms with Gasteiger partial charge in [0, 0.05) is 29.2 Å². The smallest absolute Gasteiger partial charge is 0.417 e. The van der Waals surface area contributed by atoms with E-state index in [1.165, 1.54) is 0 Å². The summed E-state index contributed by atoms with van der Waals surface area (Å²) in [5.74, 6) is -0.143. The van der Waals surface area contributed by atoms with Crippen molar-refractivity contribution < 1.29 is 29.0 Å². The van der Waals surface area contributed by atoms with Crippen LogP contribution < -0.4 is 11.1 Å². The quantitative estimate of drug-likeness (QED) is 0.492. The number of carbonyl (C=O) groups excluding carboxylic acids is 3. The largest absolute Gasteiger partial charge is 0.445 e. The molecule has 8 nitrogen and oxygen atoms in total. The first-order valence-electron chi connectivity index (χ1n) is 13.3. The van der Waals surface area contributed by atoms with Crippen molar-refractivity contribution in [2.75, 3.05) is 0 Å². The average molecular weight is 503 g/mol. The summed E-state index contributed by atoms with van der Waals surface area (Å²) in [5.41, 5.74) is 4.10. The Balaban J connectivity index is 1.61. The van der Waals surface area contributed by atoms with Crippen molar-refractivity contribution in [2.45, 2.75) is 97.0 Å². The van der Waals surface area contributed by atoms with Crippen LogP contribution in [0.4, 0.5) is 9.59 Å². The molecule has 0 saturated heterocycles. The third-order valence-electron chi connectivity index (χ3n) is 10.4. The number of rotatable bonds is 3. The lowest BCUT2D eigenvalue weighted by molar-refractivity contribution is -0.191. The fourth-order valence-electron chi connectivity index (χ4n) is 7.82. The minimum absolute atomic E-state index is 0.0573. The van der Waals surface area contributed by atoms with Crippen LogP contribution in [0.1, 0.15) is 72.6 Å². The number of nitrogens with one attached hydrogen (secondary N) is 1. The third-order valence-corrected chi connectivity index (χ3v) is 10.4. The monoisotopic (exact) mass is 502 g/mol. The summed E-state index contributed by atoms with van der Waals surface area (Å²) < 4.78 is 11.3. The van der Waals surface area contributed by atoms with Crippen LogP contribution in [0.25, 0.3) is 0 Å². The van der Waals surface area contributed by atoms with Crippen molar-refractivity contribution in [3.63, 3.8) is 0 Å². The highest BCUT2D eigenvalue weighted by molar-refractivity contribution is 5.88. The molecule has 8 heteroatoms. The first-order valence-corrected chi connectivity index (χ1v) is 13.3. The molecule has 4 rings (SSSR count). The predicted octanol–water partition coefficient (Wildman–Crippen LogP) is 4.26. The highest BCUT2D eigenvalue weighted by Crippen LogP contribution is 2.67. The van der Waals surface area contributed by atoms with Gasteiger partial charge in [0.2, 0.25) is 0 Å². The van der Waals surface area contributed by atoms with Crippen LogP contribution in [-0.2, 0) is 14.3 Å². The van der Waals surface area contributed by atoms with Crippen molar-refractivity contribution in [3.05, 3.63) is 24.8 Å². The second kappa shape index (κ2) is 9.60. The standard InChI is InChI=1S/C28H42N2O6/c1-6-26(4)15-21(36-25(34)30-24(33)35-19-9-7-18(29)8-10-19)27(5)16(2)11-13-28(17(3)23(26)32)14-12-20(31)22(27)28/h6-7,9,16-19,21-23,32H,1,8,10-15,29H2,2-5H3,(H,30,33,34)/t16-,17-,18+,19+,21+,22-,23-,26+,27-,28-/m0/s1. The number of alkyl carbamates (subject to hydrolysis) is 2. The Hall–Kier alpha value is -2.19. The Kier molecular flexibility index (Phi) is 7.16. The predicted molar refractivity (Wildman–Crippen MR) is 135 cm³/mol. The Bertz CT molecular complexity index is 950. The maximum atomic E-state index is 13.4. The molecule has 0 radical (unpaired) electrons. The SMILES string of the molecule is C=C[C@]1(C)C[C@@H](OC(=O)NC(=O)O[C@@H]2C=C[C@@H](N)CC2)[C@@]2(C)[C@@H]3C(=O)CC[C@@]3(CC[C@@H]2C)[C@@H](C)[C@@H]1O. The van der Waals surface area contributed by atoms with E-state index in [4.69, 9.17) is 15.2 Å². The van der Waals surface area contributed by atoms with Gasteiger partial charge < -0.3 is 20.3 Å². The summed E-state index contributed by atoms with van der Waals surface area (Å²) in [6.07, 6.45) is 6.06. The Morgan fingerprint density at radius 1 is 1.14 bits per heavy atom. The van der Waals surface area contributed by atoms with Crippen molar-refractivity contribution in [1.29, 1.82) is 0 Å². The molecule has 0 spiro atoms. The summed E-state index contributed by atoms with van der Waals surface area (Å²) in [5, 5.41) is 13.8. The number of amides is 2. The molecule has 0 aromatic heterocycles. The molecule has 0 aromatic rings. The maximum absolute atomic E-state index is 13.4. The number of aliphatic hydroxyl groups is 1. The molecule has 4 aliphatic carbocycles. The fraction of sp³-hybridized carbons (Fsp3) is 0.750. The van der Waals surface area contributed by atoms with Crippen molar-refractivity contribution in [1.82, 2.24) is 5.32 Å². The molecule has 2 amide bonds. The third kappa shape index (κ3) is 4.30. The molecular weight excluding hydrogens is 460 g/mol. The molecule has 0 heterocycles. The number of carbonyl (C=O) groups is 3. The van der Waals surface area contributed by atoms with Crippen LogP contribution in [0, 0.1) is 34.0 Å². The summed E-state index contributed by atoms with van der Waals surface area (Å²) in [7, 11) is 0. The zero-order valence-electron chi connectivity index (χ0n) is 22.0. The summed E-state index contributed by atoms with van der Waals surface area (Å²) in [6, 6.07) is -0.0573. The van der Waals surface area contributed by atoms with E-state index in [1.54, 1.807) is 18.2 Å². The van der Waals surface area contributed by atoms with Crippen LogP contribution >= 0.6 is 0 Å². The van der Waals surface area contributed by atoms with Crippen LogP contribution in [0.2, 0.25) is 0 Å². The second-order valence-corrected chi connectivity index (χ2v) is 12.2. The Labute approximate surface area is 214 Å². The normalized spacial score (nSPS) is 46.2. The molecule has 200 valence electrons. The number of aliphatic hydroxyl groups excluding tert-OH is 1. The minimum Gasteiger partial charge on any atom is -0.445 e. The highest BCUT2D eigenvalue weighted by Gasteiger charge is 2.68. The van der Waals surface area contributed by atoms with Gasteiger partial charge in [-0.15, -0.1) is 6.58 Å². The van der Waals surface area contributed by atoms with E-state index in [1.807, 2.05) is 6.92 Å². The molecule has 4 aliphatic rings. The zero-order chi connectivity index (χ0) is 26.5. The summed E-state index contributed by atoms with van der Waals surface area (Å²) in [6.45, 7) is 12.2. The highest BCUT2D eigenvalue weighted by atomic mass is 16.6. The van der Waals surface area contributed by atoms with Gasteiger partial charge in [-0.25, -0.2) is 14.9 Å². The number of ether oxygens (including phenoxy) is 2. The molecule has 0 unspecified atom stereocenters. The van der Waals surface area contributed by atoms with Crippen LogP contribution in [0.15, 0.2) is 24.8 Å². The van der Waals surface area contributed by atoms with Crippen LogP contribution in [-0.4, -0.2) is 47.4 Å². The number of Topliss-reactive ketones (excluding diaryl/α,β-unsaturated/α-hetero) is 1. The molecule has 10 atom stereocenters. The molecular formula is C28H42N2O6. The number of hydrogen-bond acceptors (Lipinski definition) is 7. The van der Waals surface area contributed by atoms with Crippen molar-refractivity contribution in [3.8, 4) is 0 Å². The summed E-state index contributed by atoms with van der Waals surface area (Å²) >= 11 is 0. The maximum Gasteiger partial charge on any atom is 0.417 e. The Morgan fingerprint density at radius 3 is 2.47 bits per heavy atom. The molecule has 0 aromatic carbocycles. The van der Waals surface area contributed by atoms with Gasteiger partial charge in [-0.2, -0.15) is 0 Å². The van der Waals surface area contributed by atoms with Gasteiger partial charge in [0.1, 0.15) is 18.0 Å². The van der Waals surface area contributed by atoms with Gasteiger partial charge in [0.15, 0.2) is 0 Å². The van der Waals surface area contributed by atoms with Crippen LogP contribution in [0.3, 0.4) is 0 Å². The number of nitrogens with two attached hydrogens (primary N) is 1.